The van der Waals surface area contributed by atoms with Crippen molar-refractivity contribution in [1.29, 1.82) is 0 Å². The number of H-pyrrole nitrogens is 1. The standard InChI is InChI=1S/C11H10ClN3O3/c1-18-7-3-2-6(12)8-9(7)14-4-5(10(8)16)11(17)15-13/h2-4H,13H2,1H3,(H,14,16)(H,15,17). The van der Waals surface area contributed by atoms with Gasteiger partial charge in [-0.1, -0.05) is 11.6 Å². The molecule has 0 saturated heterocycles. The Morgan fingerprint density at radius 3 is 2.83 bits per heavy atom. The number of halogens is 1. The van der Waals surface area contributed by atoms with Crippen LogP contribution in [-0.2, 0) is 0 Å². The number of ether oxygens (including phenoxy) is 1. The average Bonchev–Trinajstić information content (AvgIpc) is 2.38. The Morgan fingerprint density at radius 1 is 1.50 bits per heavy atom. The predicted molar refractivity (Wildman–Crippen MR) is 67.8 cm³/mol. The van der Waals surface area contributed by atoms with E-state index in [1.807, 2.05) is 5.43 Å². The smallest absolute Gasteiger partial charge is 0.270 e. The zero-order valence-electron chi connectivity index (χ0n) is 9.41. The van der Waals surface area contributed by atoms with E-state index in [4.69, 9.17) is 22.2 Å². The third-order valence-corrected chi connectivity index (χ3v) is 2.86. The minimum absolute atomic E-state index is 0.111. The molecule has 94 valence electrons. The van der Waals surface area contributed by atoms with Gasteiger partial charge in [0.25, 0.3) is 5.91 Å². The number of nitrogens with one attached hydrogen (secondary N) is 2. The number of benzene rings is 1. The molecule has 0 fully saturated rings. The Morgan fingerprint density at radius 2 is 2.22 bits per heavy atom. The molecule has 1 amide bonds. The van der Waals surface area contributed by atoms with Crippen LogP contribution in [0.15, 0.2) is 23.1 Å². The molecule has 2 aromatic rings. The Kier molecular flexibility index (Phi) is 3.22. The van der Waals surface area contributed by atoms with Crippen LogP contribution < -0.4 is 21.4 Å². The number of nitrogen functional groups attached to an aromatic ring is 1. The van der Waals surface area contributed by atoms with E-state index >= 15 is 0 Å². The first-order valence-corrected chi connectivity index (χ1v) is 5.36. The summed E-state index contributed by atoms with van der Waals surface area (Å²) in [7, 11) is 1.47. The molecule has 0 unspecified atom stereocenters. The summed E-state index contributed by atoms with van der Waals surface area (Å²) in [5, 5.41) is 0.427. The molecule has 0 aliphatic carbocycles. The van der Waals surface area contributed by atoms with E-state index in [9.17, 15) is 9.59 Å². The van der Waals surface area contributed by atoms with Gasteiger partial charge in [0.15, 0.2) is 0 Å². The number of amides is 1. The molecule has 0 spiro atoms. The van der Waals surface area contributed by atoms with Crippen molar-refractivity contribution in [3.8, 4) is 5.75 Å². The summed E-state index contributed by atoms with van der Waals surface area (Å²) in [6, 6.07) is 3.16. The van der Waals surface area contributed by atoms with Crippen molar-refractivity contribution < 1.29 is 9.53 Å². The van der Waals surface area contributed by atoms with Gasteiger partial charge in [-0.3, -0.25) is 15.0 Å². The molecule has 7 heteroatoms. The van der Waals surface area contributed by atoms with E-state index in [0.29, 0.717) is 11.3 Å². The molecule has 2 rings (SSSR count). The van der Waals surface area contributed by atoms with Crippen molar-refractivity contribution in [2.75, 3.05) is 7.11 Å². The molecule has 0 aliphatic rings. The van der Waals surface area contributed by atoms with E-state index in [1.54, 1.807) is 6.07 Å². The number of carbonyl (C=O) groups excluding carboxylic acids is 1. The summed E-state index contributed by atoms with van der Waals surface area (Å²) in [5.74, 6) is 4.78. The second kappa shape index (κ2) is 4.67. The van der Waals surface area contributed by atoms with E-state index in [-0.39, 0.29) is 16.0 Å². The lowest BCUT2D eigenvalue weighted by Crippen LogP contribution is -2.34. The lowest BCUT2D eigenvalue weighted by Gasteiger charge is -2.07. The number of hydrogen-bond donors (Lipinski definition) is 3. The highest BCUT2D eigenvalue weighted by atomic mass is 35.5. The summed E-state index contributed by atoms with van der Waals surface area (Å²) >= 11 is 5.97. The molecule has 4 N–H and O–H groups in total. The lowest BCUT2D eigenvalue weighted by atomic mass is 10.1. The quantitative estimate of drug-likeness (QED) is 0.426. The topological polar surface area (TPSA) is 97.2 Å². The zero-order valence-corrected chi connectivity index (χ0v) is 10.2. The van der Waals surface area contributed by atoms with Crippen LogP contribution in [0.4, 0.5) is 0 Å². The van der Waals surface area contributed by atoms with Crippen LogP contribution >= 0.6 is 11.6 Å². The molecular weight excluding hydrogens is 258 g/mol. The Hall–Kier alpha value is -2.05. The van der Waals surface area contributed by atoms with Gasteiger partial charge in [-0.25, -0.2) is 5.84 Å². The van der Waals surface area contributed by atoms with Crippen LogP contribution in [0.5, 0.6) is 5.75 Å². The fourth-order valence-corrected chi connectivity index (χ4v) is 1.93. The highest BCUT2D eigenvalue weighted by molar-refractivity contribution is 6.35. The first-order valence-electron chi connectivity index (χ1n) is 4.99. The number of hydrazine groups is 1. The molecule has 1 heterocycles. The molecule has 1 aromatic heterocycles. The van der Waals surface area contributed by atoms with Crippen LogP contribution in [0.3, 0.4) is 0 Å². The second-order valence-electron chi connectivity index (χ2n) is 3.50. The van der Waals surface area contributed by atoms with Crippen LogP contribution in [0, 0.1) is 0 Å². The predicted octanol–water partition coefficient (Wildman–Crippen LogP) is 0.794. The van der Waals surface area contributed by atoms with Crippen molar-refractivity contribution in [2.45, 2.75) is 0 Å². The number of rotatable bonds is 2. The zero-order chi connectivity index (χ0) is 13.3. The molecule has 0 aliphatic heterocycles. The van der Waals surface area contributed by atoms with Crippen LogP contribution in [-0.4, -0.2) is 18.0 Å². The lowest BCUT2D eigenvalue weighted by molar-refractivity contribution is 0.0952. The van der Waals surface area contributed by atoms with Gasteiger partial charge in [-0.05, 0) is 12.1 Å². The largest absolute Gasteiger partial charge is 0.495 e. The summed E-state index contributed by atoms with van der Waals surface area (Å²) in [4.78, 5) is 26.4. The maximum absolute atomic E-state index is 12.1. The maximum Gasteiger partial charge on any atom is 0.270 e. The maximum atomic E-state index is 12.1. The van der Waals surface area contributed by atoms with Gasteiger partial charge < -0.3 is 9.72 Å². The molecule has 18 heavy (non-hydrogen) atoms. The van der Waals surface area contributed by atoms with E-state index < -0.39 is 11.3 Å². The van der Waals surface area contributed by atoms with E-state index in [0.717, 1.165) is 0 Å². The number of nitrogens with two attached hydrogens (primary N) is 1. The number of hydrogen-bond acceptors (Lipinski definition) is 4. The minimum Gasteiger partial charge on any atom is -0.495 e. The molecule has 0 radical (unpaired) electrons. The van der Waals surface area contributed by atoms with Gasteiger partial charge in [0.1, 0.15) is 11.3 Å². The first kappa shape index (κ1) is 12.4. The molecule has 0 bridgehead atoms. The van der Waals surface area contributed by atoms with Gasteiger partial charge in [0, 0.05) is 6.20 Å². The summed E-state index contributed by atoms with van der Waals surface area (Å²) in [6.07, 6.45) is 1.27. The summed E-state index contributed by atoms with van der Waals surface area (Å²) < 4.78 is 5.11. The van der Waals surface area contributed by atoms with E-state index in [2.05, 4.69) is 4.98 Å². The Labute approximate surface area is 107 Å². The van der Waals surface area contributed by atoms with Crippen molar-refractivity contribution in [2.24, 2.45) is 5.84 Å². The van der Waals surface area contributed by atoms with Gasteiger partial charge in [0.05, 0.1) is 23.0 Å². The highest BCUT2D eigenvalue weighted by Crippen LogP contribution is 2.27. The third-order valence-electron chi connectivity index (χ3n) is 2.54. The van der Waals surface area contributed by atoms with Gasteiger partial charge in [-0.2, -0.15) is 0 Å². The molecule has 0 atom stereocenters. The average molecular weight is 268 g/mol. The Bertz CT molecular complexity index is 681. The second-order valence-corrected chi connectivity index (χ2v) is 3.91. The molecule has 1 aromatic carbocycles. The van der Waals surface area contributed by atoms with Gasteiger partial charge in [-0.15, -0.1) is 0 Å². The first-order chi connectivity index (χ1) is 8.60. The Balaban J connectivity index is 2.87. The van der Waals surface area contributed by atoms with Crippen molar-refractivity contribution >= 4 is 28.4 Å². The fraction of sp³-hybridized carbons (Fsp3) is 0.0909. The number of fused-ring (bicyclic) bond motifs is 1. The number of methoxy groups -OCH3 is 1. The third kappa shape index (κ3) is 1.81. The molecular formula is C11H10ClN3O3. The van der Waals surface area contributed by atoms with Crippen molar-refractivity contribution in [1.82, 2.24) is 10.4 Å². The number of aromatic nitrogens is 1. The van der Waals surface area contributed by atoms with Crippen molar-refractivity contribution in [3.05, 3.63) is 39.1 Å². The number of carbonyl (C=O) groups is 1. The van der Waals surface area contributed by atoms with Gasteiger partial charge >= 0.3 is 0 Å². The van der Waals surface area contributed by atoms with Gasteiger partial charge in [0.2, 0.25) is 5.43 Å². The summed E-state index contributed by atoms with van der Waals surface area (Å²) in [6.45, 7) is 0. The normalized spacial score (nSPS) is 10.4. The number of aromatic amines is 1. The van der Waals surface area contributed by atoms with Crippen LogP contribution in [0.25, 0.3) is 10.9 Å². The van der Waals surface area contributed by atoms with Crippen LogP contribution in [0.2, 0.25) is 5.02 Å². The monoisotopic (exact) mass is 267 g/mol. The van der Waals surface area contributed by atoms with Crippen molar-refractivity contribution in [3.63, 3.8) is 0 Å². The fourth-order valence-electron chi connectivity index (χ4n) is 1.68. The summed E-state index contributed by atoms with van der Waals surface area (Å²) in [5.41, 5.74) is 1.72. The molecule has 0 saturated carbocycles. The number of pyridine rings is 1. The van der Waals surface area contributed by atoms with Crippen LogP contribution in [0.1, 0.15) is 10.4 Å². The molecule has 6 nitrogen and oxygen atoms in total. The SMILES string of the molecule is COc1ccc(Cl)c2c(=O)c(C(=O)NN)c[nH]c12. The highest BCUT2D eigenvalue weighted by Gasteiger charge is 2.16. The minimum atomic E-state index is -0.683. The van der Waals surface area contributed by atoms with E-state index in [1.165, 1.54) is 19.4 Å².